The lowest BCUT2D eigenvalue weighted by molar-refractivity contribution is 0.573. The van der Waals surface area contributed by atoms with Crippen LogP contribution in [-0.2, 0) is 0 Å². The summed E-state index contributed by atoms with van der Waals surface area (Å²) in [4.78, 5) is 0. The molecule has 2 rings (SSSR count). The van der Waals surface area contributed by atoms with Gasteiger partial charge < -0.3 is 5.73 Å². The van der Waals surface area contributed by atoms with E-state index in [9.17, 15) is 0 Å². The van der Waals surface area contributed by atoms with Crippen molar-refractivity contribution in [3.05, 3.63) is 5.51 Å². The van der Waals surface area contributed by atoms with Crippen LogP contribution in [0.5, 0.6) is 0 Å². The summed E-state index contributed by atoms with van der Waals surface area (Å²) in [5.74, 6) is 0.689. The highest BCUT2D eigenvalue weighted by Crippen LogP contribution is 2.38. The molecule has 5 heteroatoms. The van der Waals surface area contributed by atoms with Crippen molar-refractivity contribution in [3.8, 4) is 0 Å². The molecule has 2 atom stereocenters. The van der Waals surface area contributed by atoms with Crippen LogP contribution in [0.25, 0.3) is 0 Å². The van der Waals surface area contributed by atoms with Gasteiger partial charge in [0.05, 0.1) is 0 Å². The van der Waals surface area contributed by atoms with E-state index in [0.29, 0.717) is 11.2 Å². The van der Waals surface area contributed by atoms with E-state index in [1.165, 1.54) is 19.3 Å². The molecule has 0 bridgehead atoms. The van der Waals surface area contributed by atoms with Gasteiger partial charge in [-0.2, -0.15) is 0 Å². The van der Waals surface area contributed by atoms with Gasteiger partial charge in [-0.05, 0) is 25.3 Å². The molecule has 0 spiro atoms. The highest BCUT2D eigenvalue weighted by molar-refractivity contribution is 8.01. The Morgan fingerprint density at radius 2 is 2.54 bits per heavy atom. The van der Waals surface area contributed by atoms with Gasteiger partial charge in [0.25, 0.3) is 0 Å². The Morgan fingerprint density at radius 1 is 1.62 bits per heavy atom. The van der Waals surface area contributed by atoms with Crippen molar-refractivity contribution in [1.29, 1.82) is 0 Å². The lowest BCUT2D eigenvalue weighted by Crippen LogP contribution is -2.20. The summed E-state index contributed by atoms with van der Waals surface area (Å²) in [7, 11) is 0. The van der Waals surface area contributed by atoms with Crippen LogP contribution in [0.1, 0.15) is 19.3 Å². The molecule has 1 saturated carbocycles. The average Bonchev–Trinajstić information content (AvgIpc) is 2.76. The van der Waals surface area contributed by atoms with Crippen molar-refractivity contribution in [3.63, 3.8) is 0 Å². The Hall–Kier alpha value is -0.130. The van der Waals surface area contributed by atoms with E-state index < -0.39 is 0 Å². The number of nitrogens with two attached hydrogens (primary N) is 1. The summed E-state index contributed by atoms with van der Waals surface area (Å²) >= 11 is 3.48. The number of aromatic nitrogens is 2. The third-order valence-electron chi connectivity index (χ3n) is 2.48. The summed E-state index contributed by atoms with van der Waals surface area (Å²) in [6.07, 6.45) is 3.89. The maximum absolute atomic E-state index is 5.71. The van der Waals surface area contributed by atoms with Gasteiger partial charge in [0, 0.05) is 5.25 Å². The zero-order valence-electron chi connectivity index (χ0n) is 7.35. The van der Waals surface area contributed by atoms with Gasteiger partial charge in [-0.3, -0.25) is 0 Å². The Bertz CT molecular complexity index is 250. The Labute approximate surface area is 86.1 Å². The number of hydrogen-bond acceptors (Lipinski definition) is 5. The molecule has 13 heavy (non-hydrogen) atoms. The van der Waals surface area contributed by atoms with Gasteiger partial charge in [-0.1, -0.05) is 29.5 Å². The molecule has 1 fully saturated rings. The highest BCUT2D eigenvalue weighted by atomic mass is 32.2. The number of thioether (sulfide) groups is 1. The molecule has 0 aliphatic heterocycles. The molecule has 1 heterocycles. The molecule has 0 radical (unpaired) electrons. The van der Waals surface area contributed by atoms with E-state index in [1.807, 2.05) is 11.8 Å². The zero-order chi connectivity index (χ0) is 9.10. The Morgan fingerprint density at radius 3 is 3.23 bits per heavy atom. The molecule has 1 aliphatic rings. The molecule has 2 N–H and O–H groups in total. The highest BCUT2D eigenvalue weighted by Gasteiger charge is 2.27. The molecule has 72 valence electrons. The average molecular weight is 215 g/mol. The van der Waals surface area contributed by atoms with Crippen LogP contribution in [0, 0.1) is 5.92 Å². The minimum absolute atomic E-state index is 0.679. The van der Waals surface area contributed by atoms with Crippen LogP contribution in [0.4, 0.5) is 0 Å². The van der Waals surface area contributed by atoms with Gasteiger partial charge >= 0.3 is 0 Å². The summed E-state index contributed by atoms with van der Waals surface area (Å²) in [6, 6.07) is 0. The first kappa shape index (κ1) is 9.43. The number of nitrogens with zero attached hydrogens (tertiary/aromatic N) is 2. The maximum Gasteiger partial charge on any atom is 0.174 e. The predicted molar refractivity (Wildman–Crippen MR) is 55.9 cm³/mol. The standard InChI is InChI=1S/C8H13N3S2/c9-4-6-2-1-3-7(6)13-8-11-10-5-12-8/h5-7H,1-4,9H2. The molecule has 1 aliphatic carbocycles. The van der Waals surface area contributed by atoms with Crippen LogP contribution in [0.15, 0.2) is 9.85 Å². The second-order valence-electron chi connectivity index (χ2n) is 3.29. The number of rotatable bonds is 3. The van der Waals surface area contributed by atoms with E-state index in [2.05, 4.69) is 10.2 Å². The van der Waals surface area contributed by atoms with Crippen LogP contribution in [0.2, 0.25) is 0 Å². The van der Waals surface area contributed by atoms with E-state index in [-0.39, 0.29) is 0 Å². The SMILES string of the molecule is NCC1CCCC1Sc1nncs1. The van der Waals surface area contributed by atoms with E-state index in [4.69, 9.17) is 5.73 Å². The molecule has 3 nitrogen and oxygen atoms in total. The van der Waals surface area contributed by atoms with Crippen molar-refractivity contribution in [2.24, 2.45) is 11.7 Å². The Kier molecular flexibility index (Phi) is 3.18. The van der Waals surface area contributed by atoms with Crippen LogP contribution in [0.3, 0.4) is 0 Å². The zero-order valence-corrected chi connectivity index (χ0v) is 8.98. The first-order valence-corrected chi connectivity index (χ1v) is 6.29. The van der Waals surface area contributed by atoms with Gasteiger partial charge in [0.1, 0.15) is 5.51 Å². The van der Waals surface area contributed by atoms with E-state index >= 15 is 0 Å². The second kappa shape index (κ2) is 4.39. The lowest BCUT2D eigenvalue weighted by Gasteiger charge is -2.14. The van der Waals surface area contributed by atoms with Gasteiger partial charge in [0.15, 0.2) is 4.34 Å². The van der Waals surface area contributed by atoms with Crippen molar-refractivity contribution < 1.29 is 0 Å². The largest absolute Gasteiger partial charge is 0.330 e. The predicted octanol–water partition coefficient (Wildman–Crippen LogP) is 1.76. The molecule has 1 aromatic heterocycles. The molecule has 0 saturated heterocycles. The lowest BCUT2D eigenvalue weighted by atomic mass is 10.1. The topological polar surface area (TPSA) is 51.8 Å². The van der Waals surface area contributed by atoms with E-state index in [1.54, 1.807) is 16.8 Å². The Balaban J connectivity index is 1.94. The molecular formula is C8H13N3S2. The van der Waals surface area contributed by atoms with Crippen LogP contribution in [-0.4, -0.2) is 22.0 Å². The first-order valence-electron chi connectivity index (χ1n) is 4.53. The third kappa shape index (κ3) is 2.21. The molecular weight excluding hydrogens is 202 g/mol. The van der Waals surface area contributed by atoms with Gasteiger partial charge in [-0.15, -0.1) is 10.2 Å². The van der Waals surface area contributed by atoms with Gasteiger partial charge in [0.2, 0.25) is 0 Å². The first-order chi connectivity index (χ1) is 6.40. The normalized spacial score (nSPS) is 28.1. The smallest absolute Gasteiger partial charge is 0.174 e. The minimum Gasteiger partial charge on any atom is -0.330 e. The van der Waals surface area contributed by atoms with Gasteiger partial charge in [-0.25, -0.2) is 0 Å². The fourth-order valence-corrected chi connectivity index (χ4v) is 3.85. The second-order valence-corrected chi connectivity index (χ2v) is 5.61. The van der Waals surface area contributed by atoms with E-state index in [0.717, 1.165) is 10.9 Å². The summed E-state index contributed by atoms with van der Waals surface area (Å²) in [6.45, 7) is 0.816. The van der Waals surface area contributed by atoms with Crippen LogP contribution < -0.4 is 5.73 Å². The fraction of sp³-hybridized carbons (Fsp3) is 0.750. The summed E-state index contributed by atoms with van der Waals surface area (Å²) < 4.78 is 1.09. The van der Waals surface area contributed by atoms with Crippen molar-refractivity contribution in [2.75, 3.05) is 6.54 Å². The van der Waals surface area contributed by atoms with Crippen molar-refractivity contribution in [1.82, 2.24) is 10.2 Å². The van der Waals surface area contributed by atoms with Crippen LogP contribution >= 0.6 is 23.1 Å². The van der Waals surface area contributed by atoms with Crippen molar-refractivity contribution in [2.45, 2.75) is 28.9 Å². The van der Waals surface area contributed by atoms with Crippen molar-refractivity contribution >= 4 is 23.1 Å². The third-order valence-corrected chi connectivity index (χ3v) is 4.75. The molecule has 0 aromatic carbocycles. The summed E-state index contributed by atoms with van der Waals surface area (Å²) in [5.41, 5.74) is 7.49. The monoisotopic (exact) mass is 215 g/mol. The maximum atomic E-state index is 5.71. The summed E-state index contributed by atoms with van der Waals surface area (Å²) in [5, 5.41) is 8.55. The minimum atomic E-state index is 0.679. The molecule has 2 unspecified atom stereocenters. The number of hydrogen-bond donors (Lipinski definition) is 1. The molecule has 1 aromatic rings. The molecule has 0 amide bonds. The quantitative estimate of drug-likeness (QED) is 0.834. The fourth-order valence-electron chi connectivity index (χ4n) is 1.77.